The molecule has 6 heteroatoms. The van der Waals surface area contributed by atoms with Crippen molar-refractivity contribution in [2.24, 2.45) is 0 Å². The minimum atomic E-state index is -2.84. The molecule has 1 aliphatic heterocycles. The van der Waals surface area contributed by atoms with Crippen LogP contribution >= 0.6 is 0 Å². The summed E-state index contributed by atoms with van der Waals surface area (Å²) in [5, 5.41) is 3.40. The van der Waals surface area contributed by atoms with Crippen molar-refractivity contribution in [1.29, 1.82) is 0 Å². The number of benzene rings is 1. The lowest BCUT2D eigenvalue weighted by molar-refractivity contribution is 0.141. The van der Waals surface area contributed by atoms with Gasteiger partial charge in [0.15, 0.2) is 9.84 Å². The van der Waals surface area contributed by atoms with Crippen LogP contribution in [0.3, 0.4) is 0 Å². The van der Waals surface area contributed by atoms with Crippen LogP contribution in [0.2, 0.25) is 0 Å². The van der Waals surface area contributed by atoms with Gasteiger partial charge in [0.25, 0.3) is 0 Å². The summed E-state index contributed by atoms with van der Waals surface area (Å²) in [5.74, 6) is 0.483. The zero-order valence-corrected chi connectivity index (χ0v) is 13.5. The second-order valence-corrected chi connectivity index (χ2v) is 7.70. The van der Waals surface area contributed by atoms with Gasteiger partial charge in [0.2, 0.25) is 0 Å². The highest BCUT2D eigenvalue weighted by Gasteiger charge is 2.21. The lowest BCUT2D eigenvalue weighted by Gasteiger charge is -2.29. The molecule has 0 aromatic heterocycles. The van der Waals surface area contributed by atoms with Gasteiger partial charge in [0.05, 0.1) is 18.1 Å². The fourth-order valence-electron chi connectivity index (χ4n) is 2.38. The van der Waals surface area contributed by atoms with Crippen molar-refractivity contribution < 1.29 is 13.2 Å². The maximum absolute atomic E-state index is 11.5. The summed E-state index contributed by atoms with van der Waals surface area (Å²) in [6, 6.07) is 8.35. The molecule has 1 aromatic rings. The SMILES string of the molecule is CCOC[C@@H](C)Nc1cccc(N2CCS(=O)(=O)CC2)c1. The molecule has 118 valence electrons. The quantitative estimate of drug-likeness (QED) is 0.867. The molecular formula is C15H24N2O3S. The number of hydrogen-bond acceptors (Lipinski definition) is 5. The van der Waals surface area contributed by atoms with Crippen molar-refractivity contribution in [2.45, 2.75) is 19.9 Å². The molecular weight excluding hydrogens is 288 g/mol. The van der Waals surface area contributed by atoms with Gasteiger partial charge in [-0.1, -0.05) is 6.07 Å². The average Bonchev–Trinajstić information content (AvgIpc) is 2.45. The highest BCUT2D eigenvalue weighted by atomic mass is 32.2. The molecule has 1 saturated heterocycles. The summed E-state index contributed by atoms with van der Waals surface area (Å²) in [7, 11) is -2.84. The van der Waals surface area contributed by atoms with Crippen LogP contribution in [0, 0.1) is 0 Å². The van der Waals surface area contributed by atoms with Gasteiger partial charge in [-0.2, -0.15) is 0 Å². The molecule has 1 N–H and O–H groups in total. The second-order valence-electron chi connectivity index (χ2n) is 5.39. The predicted molar refractivity (Wildman–Crippen MR) is 86.9 cm³/mol. The smallest absolute Gasteiger partial charge is 0.153 e. The molecule has 0 saturated carbocycles. The molecule has 0 aliphatic carbocycles. The maximum atomic E-state index is 11.5. The molecule has 21 heavy (non-hydrogen) atoms. The largest absolute Gasteiger partial charge is 0.380 e. The highest BCUT2D eigenvalue weighted by Crippen LogP contribution is 2.21. The van der Waals surface area contributed by atoms with E-state index in [0.717, 1.165) is 11.4 Å². The van der Waals surface area contributed by atoms with Crippen molar-refractivity contribution in [3.05, 3.63) is 24.3 Å². The van der Waals surface area contributed by atoms with Crippen molar-refractivity contribution in [3.8, 4) is 0 Å². The number of anilines is 2. The van der Waals surface area contributed by atoms with Gasteiger partial charge in [-0.05, 0) is 32.0 Å². The van der Waals surface area contributed by atoms with Gasteiger partial charge in [0.1, 0.15) is 0 Å². The Hall–Kier alpha value is -1.27. The van der Waals surface area contributed by atoms with Gasteiger partial charge in [-0.3, -0.25) is 0 Å². The van der Waals surface area contributed by atoms with Crippen molar-refractivity contribution in [3.63, 3.8) is 0 Å². The molecule has 1 aromatic carbocycles. The molecule has 1 aliphatic rings. The van der Waals surface area contributed by atoms with E-state index < -0.39 is 9.84 Å². The van der Waals surface area contributed by atoms with Crippen LogP contribution in [0.25, 0.3) is 0 Å². The van der Waals surface area contributed by atoms with E-state index in [4.69, 9.17) is 4.74 Å². The molecule has 1 fully saturated rings. The molecule has 1 atom stereocenters. The zero-order chi connectivity index (χ0) is 15.3. The summed E-state index contributed by atoms with van der Waals surface area (Å²) < 4.78 is 28.4. The minimum absolute atomic E-state index is 0.238. The summed E-state index contributed by atoms with van der Waals surface area (Å²) in [4.78, 5) is 2.12. The first-order chi connectivity index (χ1) is 10.00. The molecule has 0 amide bonds. The van der Waals surface area contributed by atoms with Crippen LogP contribution in [0.1, 0.15) is 13.8 Å². The fourth-order valence-corrected chi connectivity index (χ4v) is 3.59. The van der Waals surface area contributed by atoms with Crippen molar-refractivity contribution in [1.82, 2.24) is 0 Å². The fraction of sp³-hybridized carbons (Fsp3) is 0.600. The van der Waals surface area contributed by atoms with Crippen LogP contribution in [0.4, 0.5) is 11.4 Å². The maximum Gasteiger partial charge on any atom is 0.153 e. The van der Waals surface area contributed by atoms with E-state index in [0.29, 0.717) is 26.3 Å². The van der Waals surface area contributed by atoms with E-state index in [9.17, 15) is 8.42 Å². The van der Waals surface area contributed by atoms with Crippen LogP contribution in [-0.4, -0.2) is 52.3 Å². The minimum Gasteiger partial charge on any atom is -0.380 e. The second kappa shape index (κ2) is 7.13. The molecule has 0 unspecified atom stereocenters. The summed E-state index contributed by atoms with van der Waals surface area (Å²) in [6.07, 6.45) is 0. The topological polar surface area (TPSA) is 58.6 Å². The Balaban J connectivity index is 1.98. The standard InChI is InChI=1S/C15H24N2O3S/c1-3-20-12-13(2)16-14-5-4-6-15(11-14)17-7-9-21(18,19)10-8-17/h4-6,11,13,16H,3,7-10,12H2,1-2H3/t13-/m1/s1. The first-order valence-corrected chi connectivity index (χ1v) is 9.22. The Kier molecular flexibility index (Phi) is 5.47. The van der Waals surface area contributed by atoms with E-state index >= 15 is 0 Å². The van der Waals surface area contributed by atoms with E-state index in [-0.39, 0.29) is 17.5 Å². The first kappa shape index (κ1) is 16.1. The molecule has 1 heterocycles. The van der Waals surface area contributed by atoms with Crippen LogP contribution < -0.4 is 10.2 Å². The Bertz CT molecular complexity index is 546. The molecule has 0 bridgehead atoms. The normalized spacial score (nSPS) is 19.2. The number of hydrogen-bond donors (Lipinski definition) is 1. The van der Waals surface area contributed by atoms with E-state index in [1.165, 1.54) is 0 Å². The van der Waals surface area contributed by atoms with Gasteiger partial charge < -0.3 is 15.0 Å². The van der Waals surface area contributed by atoms with Crippen molar-refractivity contribution in [2.75, 3.05) is 48.0 Å². The zero-order valence-electron chi connectivity index (χ0n) is 12.7. The summed E-state index contributed by atoms with van der Waals surface area (Å²) in [6.45, 7) is 6.59. The van der Waals surface area contributed by atoms with E-state index in [2.05, 4.69) is 23.2 Å². The van der Waals surface area contributed by atoms with Crippen molar-refractivity contribution >= 4 is 21.2 Å². The van der Waals surface area contributed by atoms with Gasteiger partial charge in [0, 0.05) is 37.1 Å². The highest BCUT2D eigenvalue weighted by molar-refractivity contribution is 7.91. The van der Waals surface area contributed by atoms with Crippen LogP contribution in [0.5, 0.6) is 0 Å². The number of nitrogens with zero attached hydrogens (tertiary/aromatic N) is 1. The first-order valence-electron chi connectivity index (χ1n) is 7.40. The van der Waals surface area contributed by atoms with Gasteiger partial charge >= 0.3 is 0 Å². The monoisotopic (exact) mass is 312 g/mol. The van der Waals surface area contributed by atoms with Crippen LogP contribution in [-0.2, 0) is 14.6 Å². The third-order valence-electron chi connectivity index (χ3n) is 3.54. The molecule has 0 radical (unpaired) electrons. The van der Waals surface area contributed by atoms with Gasteiger partial charge in [-0.25, -0.2) is 8.42 Å². The predicted octanol–water partition coefficient (Wildman–Crippen LogP) is 1.76. The lowest BCUT2D eigenvalue weighted by atomic mass is 10.2. The van der Waals surface area contributed by atoms with E-state index in [1.807, 2.05) is 25.1 Å². The Morgan fingerprint density at radius 3 is 2.71 bits per heavy atom. The Morgan fingerprint density at radius 2 is 2.05 bits per heavy atom. The number of nitrogens with one attached hydrogen (secondary N) is 1. The number of sulfone groups is 1. The van der Waals surface area contributed by atoms with Gasteiger partial charge in [-0.15, -0.1) is 0 Å². The third-order valence-corrected chi connectivity index (χ3v) is 5.15. The Labute approximate surface area is 127 Å². The Morgan fingerprint density at radius 1 is 1.33 bits per heavy atom. The number of rotatable bonds is 6. The molecule has 5 nitrogen and oxygen atoms in total. The summed E-state index contributed by atoms with van der Waals surface area (Å²) in [5.41, 5.74) is 2.10. The summed E-state index contributed by atoms with van der Waals surface area (Å²) >= 11 is 0. The molecule has 2 rings (SSSR count). The lowest BCUT2D eigenvalue weighted by Crippen LogP contribution is -2.40. The number of ether oxygens (including phenoxy) is 1. The third kappa shape index (κ3) is 4.89. The average molecular weight is 312 g/mol. The van der Waals surface area contributed by atoms with Crippen LogP contribution in [0.15, 0.2) is 24.3 Å². The molecule has 0 spiro atoms. The van der Waals surface area contributed by atoms with E-state index in [1.54, 1.807) is 0 Å².